The van der Waals surface area contributed by atoms with Gasteiger partial charge in [0.15, 0.2) is 5.82 Å². The molecule has 0 aliphatic heterocycles. The molecule has 2 heterocycles. The van der Waals surface area contributed by atoms with Crippen molar-refractivity contribution in [3.05, 3.63) is 5.69 Å². The van der Waals surface area contributed by atoms with Crippen LogP contribution in [-0.2, 0) is 10.0 Å². The van der Waals surface area contributed by atoms with Crippen molar-refractivity contribution in [1.82, 2.24) is 24.4 Å². The third-order valence-corrected chi connectivity index (χ3v) is 3.90. The Morgan fingerprint density at radius 2 is 1.94 bits per heavy atom. The van der Waals surface area contributed by atoms with Crippen LogP contribution in [-0.4, -0.2) is 32.8 Å². The van der Waals surface area contributed by atoms with Gasteiger partial charge in [0.2, 0.25) is 0 Å². The minimum absolute atomic E-state index is 0.148. The van der Waals surface area contributed by atoms with Crippen molar-refractivity contribution in [3.63, 3.8) is 0 Å². The molecule has 0 amide bonds. The van der Waals surface area contributed by atoms with E-state index in [1.54, 1.807) is 6.92 Å². The Hall–Kier alpha value is -1.39. The van der Waals surface area contributed by atoms with E-state index in [0.717, 1.165) is 11.5 Å². The maximum atomic E-state index is 11.5. The predicted molar refractivity (Wildman–Crippen MR) is 65.4 cm³/mol. The van der Waals surface area contributed by atoms with Gasteiger partial charge in [0.05, 0.1) is 5.69 Å². The van der Waals surface area contributed by atoms with Gasteiger partial charge < -0.3 is 0 Å². The van der Waals surface area contributed by atoms with Gasteiger partial charge in [-0.3, -0.25) is 4.57 Å². The van der Waals surface area contributed by atoms with Gasteiger partial charge in [0.1, 0.15) is 4.88 Å². The summed E-state index contributed by atoms with van der Waals surface area (Å²) in [6.07, 6.45) is 0. The van der Waals surface area contributed by atoms with Crippen molar-refractivity contribution < 1.29 is 8.42 Å². The summed E-state index contributed by atoms with van der Waals surface area (Å²) in [4.78, 5) is 0.686. The molecule has 2 aromatic heterocycles. The fraction of sp³-hybridized carbons (Fsp3) is 0.500. The summed E-state index contributed by atoms with van der Waals surface area (Å²) in [5.74, 6) is 0.418. The fourth-order valence-electron chi connectivity index (χ4n) is 1.53. The second-order valence-electron chi connectivity index (χ2n) is 4.00. The topological polar surface area (TPSA) is 117 Å². The highest BCUT2D eigenvalue weighted by Crippen LogP contribution is 2.28. The van der Waals surface area contributed by atoms with E-state index in [9.17, 15) is 8.42 Å². The van der Waals surface area contributed by atoms with Gasteiger partial charge in [0.25, 0.3) is 15.2 Å². The van der Waals surface area contributed by atoms with Crippen molar-refractivity contribution in [1.29, 1.82) is 0 Å². The van der Waals surface area contributed by atoms with Gasteiger partial charge >= 0.3 is 0 Å². The highest BCUT2D eigenvalue weighted by atomic mass is 32.2. The quantitative estimate of drug-likeness (QED) is 0.870. The molecule has 0 radical (unpaired) electrons. The Balaban J connectivity index is 2.72. The molecule has 0 aliphatic carbocycles. The number of primary sulfonamides is 1. The average molecular weight is 288 g/mol. The van der Waals surface area contributed by atoms with Gasteiger partial charge in [-0.05, 0) is 32.3 Å². The molecule has 0 bridgehead atoms. The predicted octanol–water partition coefficient (Wildman–Crippen LogP) is 0.333. The molecule has 0 unspecified atom stereocenters. The Morgan fingerprint density at radius 3 is 2.39 bits per heavy atom. The number of hydrogen-bond donors (Lipinski definition) is 1. The first kappa shape index (κ1) is 13.1. The van der Waals surface area contributed by atoms with Gasteiger partial charge in [0, 0.05) is 6.04 Å². The summed E-state index contributed by atoms with van der Waals surface area (Å²) < 4.78 is 28.2. The van der Waals surface area contributed by atoms with Crippen molar-refractivity contribution in [2.45, 2.75) is 32.0 Å². The fourth-order valence-corrected chi connectivity index (χ4v) is 2.89. The lowest BCUT2D eigenvalue weighted by atomic mass is 10.3. The zero-order valence-corrected chi connectivity index (χ0v) is 11.7. The van der Waals surface area contributed by atoms with Crippen molar-refractivity contribution in [2.75, 3.05) is 0 Å². The van der Waals surface area contributed by atoms with Crippen LogP contribution in [0.5, 0.6) is 0 Å². The van der Waals surface area contributed by atoms with Gasteiger partial charge in [-0.2, -0.15) is 0 Å². The smallest absolute Gasteiger partial charge is 0.273 e. The Bertz CT molecular complexity index is 672. The minimum atomic E-state index is -3.91. The summed E-state index contributed by atoms with van der Waals surface area (Å²) in [7, 11) is -3.91. The SMILES string of the molecule is Cc1nnsc1-c1nnc(S(N)(=O)=O)n1C(C)C. The number of aryl methyl sites for hydroxylation is 1. The molecule has 2 N–H and O–H groups in total. The Labute approximate surface area is 108 Å². The number of rotatable bonds is 3. The first-order valence-electron chi connectivity index (χ1n) is 5.09. The van der Waals surface area contributed by atoms with E-state index < -0.39 is 10.0 Å². The van der Waals surface area contributed by atoms with E-state index >= 15 is 0 Å². The molecule has 98 valence electrons. The molecule has 2 aromatic rings. The summed E-state index contributed by atoms with van der Waals surface area (Å²) in [5.41, 5.74) is 0.676. The molecule has 18 heavy (non-hydrogen) atoms. The number of sulfonamides is 1. The molecule has 2 rings (SSSR count). The van der Waals surface area contributed by atoms with Crippen LogP contribution in [0.1, 0.15) is 25.6 Å². The lowest BCUT2D eigenvalue weighted by molar-refractivity contribution is 0.525. The van der Waals surface area contributed by atoms with Gasteiger partial charge in [-0.25, -0.2) is 13.6 Å². The summed E-state index contributed by atoms with van der Waals surface area (Å²) in [6, 6.07) is -0.148. The lowest BCUT2D eigenvalue weighted by Gasteiger charge is -2.11. The van der Waals surface area contributed by atoms with Crippen LogP contribution in [0.2, 0.25) is 0 Å². The molecule has 8 nitrogen and oxygen atoms in total. The lowest BCUT2D eigenvalue weighted by Crippen LogP contribution is -2.20. The third kappa shape index (κ3) is 2.13. The van der Waals surface area contributed by atoms with Gasteiger partial charge in [-0.15, -0.1) is 15.3 Å². The second kappa shape index (κ2) is 4.37. The number of nitrogens with zero attached hydrogens (tertiary/aromatic N) is 5. The maximum absolute atomic E-state index is 11.5. The number of nitrogens with two attached hydrogens (primary N) is 1. The van der Waals surface area contributed by atoms with E-state index in [-0.39, 0.29) is 11.2 Å². The van der Waals surface area contributed by atoms with E-state index in [1.165, 1.54) is 4.57 Å². The number of aromatic nitrogens is 5. The first-order valence-corrected chi connectivity index (χ1v) is 7.41. The third-order valence-electron chi connectivity index (χ3n) is 2.29. The molecule has 10 heteroatoms. The Kier molecular flexibility index (Phi) is 3.17. The molecule has 0 saturated heterocycles. The van der Waals surface area contributed by atoms with E-state index in [0.29, 0.717) is 16.4 Å². The largest absolute Gasteiger partial charge is 0.293 e. The Morgan fingerprint density at radius 1 is 1.28 bits per heavy atom. The molecule has 0 aliphatic rings. The van der Waals surface area contributed by atoms with Crippen molar-refractivity contribution >= 4 is 21.6 Å². The maximum Gasteiger partial charge on any atom is 0.273 e. The normalized spacial score (nSPS) is 12.3. The van der Waals surface area contributed by atoms with E-state index in [2.05, 4.69) is 19.8 Å². The zero-order chi connectivity index (χ0) is 13.5. The standard InChI is InChI=1S/C8H12N6O2S2/c1-4(2)14-7(6-5(3)10-13-17-6)11-12-8(14)18(9,15)16/h4H,1-3H3,(H2,9,15,16). The van der Waals surface area contributed by atoms with E-state index in [1.807, 2.05) is 13.8 Å². The highest BCUT2D eigenvalue weighted by Gasteiger charge is 2.25. The average Bonchev–Trinajstić information content (AvgIpc) is 2.80. The molecule has 0 saturated carbocycles. The summed E-state index contributed by atoms with van der Waals surface area (Å²) in [6.45, 7) is 5.42. The van der Waals surface area contributed by atoms with Crippen LogP contribution in [0.15, 0.2) is 5.16 Å². The summed E-state index contributed by atoms with van der Waals surface area (Å²) >= 11 is 1.14. The first-order chi connectivity index (χ1) is 8.32. The van der Waals surface area contributed by atoms with Crippen LogP contribution >= 0.6 is 11.5 Å². The van der Waals surface area contributed by atoms with Crippen molar-refractivity contribution in [2.24, 2.45) is 5.14 Å². The molecule has 0 fully saturated rings. The van der Waals surface area contributed by atoms with Gasteiger partial charge in [-0.1, -0.05) is 4.49 Å². The molecule has 0 atom stereocenters. The number of hydrogen-bond acceptors (Lipinski definition) is 7. The second-order valence-corrected chi connectivity index (χ2v) is 6.21. The van der Waals surface area contributed by atoms with Crippen LogP contribution in [0.4, 0.5) is 0 Å². The van der Waals surface area contributed by atoms with Crippen LogP contribution < -0.4 is 5.14 Å². The molecular weight excluding hydrogens is 276 g/mol. The molecule has 0 spiro atoms. The molecular formula is C8H12N6O2S2. The van der Waals surface area contributed by atoms with Crippen molar-refractivity contribution in [3.8, 4) is 10.7 Å². The highest BCUT2D eigenvalue weighted by molar-refractivity contribution is 7.89. The van der Waals surface area contributed by atoms with Crippen LogP contribution in [0, 0.1) is 6.92 Å². The monoisotopic (exact) mass is 288 g/mol. The zero-order valence-electron chi connectivity index (χ0n) is 10.0. The van der Waals surface area contributed by atoms with Crippen LogP contribution in [0.25, 0.3) is 10.7 Å². The summed E-state index contributed by atoms with van der Waals surface area (Å²) in [5, 5.41) is 16.3. The molecule has 0 aromatic carbocycles. The minimum Gasteiger partial charge on any atom is -0.293 e. The van der Waals surface area contributed by atoms with Crippen LogP contribution in [0.3, 0.4) is 0 Å². The van der Waals surface area contributed by atoms with E-state index in [4.69, 9.17) is 5.14 Å².